The number of nitrogens with zero attached hydrogens (tertiary/aromatic N) is 1. The second kappa shape index (κ2) is 5.68. The van der Waals surface area contributed by atoms with Crippen LogP contribution in [0.3, 0.4) is 0 Å². The Labute approximate surface area is 119 Å². The van der Waals surface area contributed by atoms with Gasteiger partial charge in [0.25, 0.3) is 0 Å². The summed E-state index contributed by atoms with van der Waals surface area (Å²) in [5.41, 5.74) is 9.07. The average molecular weight is 279 g/mol. The predicted molar refractivity (Wildman–Crippen MR) is 79.6 cm³/mol. The van der Waals surface area contributed by atoms with Gasteiger partial charge in [0.15, 0.2) is 0 Å². The number of rotatable bonds is 4. The van der Waals surface area contributed by atoms with E-state index in [0.717, 1.165) is 23.6 Å². The SMILES string of the molecule is Cc1occc1CN(C)c1ccc(C(C)N)c(Cl)c1. The van der Waals surface area contributed by atoms with Crippen molar-refractivity contribution in [3.05, 3.63) is 52.4 Å². The molecule has 2 rings (SSSR count). The number of nitrogens with two attached hydrogens (primary N) is 1. The molecule has 0 fully saturated rings. The molecule has 0 bridgehead atoms. The molecule has 0 aliphatic rings. The number of benzene rings is 1. The van der Waals surface area contributed by atoms with E-state index in [1.165, 1.54) is 5.56 Å². The fraction of sp³-hybridized carbons (Fsp3) is 0.333. The zero-order chi connectivity index (χ0) is 14.0. The van der Waals surface area contributed by atoms with Gasteiger partial charge in [0.1, 0.15) is 5.76 Å². The van der Waals surface area contributed by atoms with Gasteiger partial charge in [-0.05, 0) is 37.6 Å². The number of hydrogen-bond donors (Lipinski definition) is 1. The van der Waals surface area contributed by atoms with E-state index >= 15 is 0 Å². The lowest BCUT2D eigenvalue weighted by atomic mass is 10.1. The smallest absolute Gasteiger partial charge is 0.105 e. The molecular weight excluding hydrogens is 260 g/mol. The summed E-state index contributed by atoms with van der Waals surface area (Å²) in [4.78, 5) is 2.13. The van der Waals surface area contributed by atoms with E-state index < -0.39 is 0 Å². The van der Waals surface area contributed by atoms with Gasteiger partial charge in [-0.3, -0.25) is 0 Å². The van der Waals surface area contributed by atoms with Gasteiger partial charge in [-0.25, -0.2) is 0 Å². The van der Waals surface area contributed by atoms with E-state index in [0.29, 0.717) is 5.02 Å². The van der Waals surface area contributed by atoms with Crippen LogP contribution in [-0.2, 0) is 6.54 Å². The van der Waals surface area contributed by atoms with Gasteiger partial charge in [-0.1, -0.05) is 17.7 Å². The molecule has 1 aromatic heterocycles. The Morgan fingerprint density at radius 3 is 2.63 bits per heavy atom. The van der Waals surface area contributed by atoms with Crippen LogP contribution >= 0.6 is 11.6 Å². The normalized spacial score (nSPS) is 12.5. The van der Waals surface area contributed by atoms with E-state index in [4.69, 9.17) is 21.8 Å². The second-order valence-electron chi connectivity index (χ2n) is 4.85. The molecule has 1 aromatic carbocycles. The molecule has 0 aliphatic carbocycles. The highest BCUT2D eigenvalue weighted by molar-refractivity contribution is 6.31. The van der Waals surface area contributed by atoms with Crippen molar-refractivity contribution in [1.82, 2.24) is 0 Å². The van der Waals surface area contributed by atoms with Crippen LogP contribution in [0.1, 0.15) is 29.9 Å². The number of furan rings is 1. The molecular formula is C15H19ClN2O. The topological polar surface area (TPSA) is 42.4 Å². The third-order valence-corrected chi connectivity index (χ3v) is 3.62. The maximum Gasteiger partial charge on any atom is 0.105 e. The molecule has 0 amide bonds. The van der Waals surface area contributed by atoms with Crippen molar-refractivity contribution >= 4 is 17.3 Å². The Morgan fingerprint density at radius 1 is 1.37 bits per heavy atom. The first kappa shape index (κ1) is 14.0. The summed E-state index contributed by atoms with van der Waals surface area (Å²) in [6.45, 7) is 4.69. The van der Waals surface area contributed by atoms with Crippen molar-refractivity contribution in [3.8, 4) is 0 Å². The van der Waals surface area contributed by atoms with Crippen molar-refractivity contribution in [1.29, 1.82) is 0 Å². The molecule has 1 heterocycles. The quantitative estimate of drug-likeness (QED) is 0.922. The van der Waals surface area contributed by atoms with Gasteiger partial charge in [-0.2, -0.15) is 0 Å². The van der Waals surface area contributed by atoms with Gasteiger partial charge in [0.2, 0.25) is 0 Å². The Hall–Kier alpha value is -1.45. The third-order valence-electron chi connectivity index (χ3n) is 3.29. The van der Waals surface area contributed by atoms with Gasteiger partial charge in [-0.15, -0.1) is 0 Å². The Balaban J connectivity index is 2.18. The lowest BCUT2D eigenvalue weighted by Gasteiger charge is -2.20. The summed E-state index contributed by atoms with van der Waals surface area (Å²) in [6, 6.07) is 7.92. The van der Waals surface area contributed by atoms with Crippen LogP contribution in [0.2, 0.25) is 5.02 Å². The zero-order valence-electron chi connectivity index (χ0n) is 11.5. The van der Waals surface area contributed by atoms with E-state index in [9.17, 15) is 0 Å². The molecule has 2 N–H and O–H groups in total. The van der Waals surface area contributed by atoms with Crippen molar-refractivity contribution in [3.63, 3.8) is 0 Å². The lowest BCUT2D eigenvalue weighted by molar-refractivity contribution is 0.529. The highest BCUT2D eigenvalue weighted by Gasteiger charge is 2.10. The second-order valence-corrected chi connectivity index (χ2v) is 5.26. The summed E-state index contributed by atoms with van der Waals surface area (Å²) in [6.07, 6.45) is 1.71. The maximum absolute atomic E-state index is 6.26. The molecule has 4 heteroatoms. The summed E-state index contributed by atoms with van der Waals surface area (Å²) < 4.78 is 5.31. The number of aryl methyl sites for hydroxylation is 1. The Bertz CT molecular complexity index is 563. The summed E-state index contributed by atoms with van der Waals surface area (Å²) in [5.74, 6) is 0.949. The van der Waals surface area contributed by atoms with Gasteiger partial charge in [0, 0.05) is 35.9 Å². The van der Waals surface area contributed by atoms with Crippen LogP contribution in [-0.4, -0.2) is 7.05 Å². The standard InChI is InChI=1S/C15H19ClN2O/c1-10(17)14-5-4-13(8-15(14)16)18(3)9-12-6-7-19-11(12)2/h4-8,10H,9,17H2,1-3H3. The fourth-order valence-electron chi connectivity index (χ4n) is 2.04. The summed E-state index contributed by atoms with van der Waals surface area (Å²) >= 11 is 6.26. The van der Waals surface area contributed by atoms with Crippen molar-refractivity contribution < 1.29 is 4.42 Å². The molecule has 1 unspecified atom stereocenters. The molecule has 19 heavy (non-hydrogen) atoms. The minimum Gasteiger partial charge on any atom is -0.469 e. The minimum atomic E-state index is -0.0528. The number of hydrogen-bond acceptors (Lipinski definition) is 3. The first-order chi connectivity index (χ1) is 8.99. The van der Waals surface area contributed by atoms with Gasteiger partial charge in [0.05, 0.1) is 6.26 Å². The van der Waals surface area contributed by atoms with Gasteiger partial charge >= 0.3 is 0 Å². The minimum absolute atomic E-state index is 0.0528. The van der Waals surface area contributed by atoms with E-state index in [2.05, 4.69) is 4.90 Å². The van der Waals surface area contributed by atoms with Crippen LogP contribution in [0.5, 0.6) is 0 Å². The highest BCUT2D eigenvalue weighted by atomic mass is 35.5. The van der Waals surface area contributed by atoms with Crippen LogP contribution in [0, 0.1) is 6.92 Å². The Morgan fingerprint density at radius 2 is 2.11 bits per heavy atom. The van der Waals surface area contributed by atoms with Crippen molar-refractivity contribution in [2.24, 2.45) is 5.73 Å². The largest absolute Gasteiger partial charge is 0.469 e. The van der Waals surface area contributed by atoms with E-state index in [1.54, 1.807) is 6.26 Å². The first-order valence-corrected chi connectivity index (χ1v) is 6.66. The Kier molecular flexibility index (Phi) is 4.17. The highest BCUT2D eigenvalue weighted by Crippen LogP contribution is 2.27. The van der Waals surface area contributed by atoms with E-state index in [1.807, 2.05) is 45.2 Å². The van der Waals surface area contributed by atoms with Crippen molar-refractivity contribution in [2.75, 3.05) is 11.9 Å². The zero-order valence-corrected chi connectivity index (χ0v) is 12.2. The van der Waals surface area contributed by atoms with Crippen LogP contribution in [0.25, 0.3) is 0 Å². The molecule has 0 saturated heterocycles. The molecule has 1 atom stereocenters. The maximum atomic E-state index is 6.26. The monoisotopic (exact) mass is 278 g/mol. The van der Waals surface area contributed by atoms with Crippen molar-refractivity contribution in [2.45, 2.75) is 26.4 Å². The molecule has 102 valence electrons. The third kappa shape index (κ3) is 3.11. The lowest BCUT2D eigenvalue weighted by Crippen LogP contribution is -2.17. The van der Waals surface area contributed by atoms with Crippen LogP contribution in [0.4, 0.5) is 5.69 Å². The fourth-order valence-corrected chi connectivity index (χ4v) is 2.39. The molecule has 0 radical (unpaired) electrons. The molecule has 0 saturated carbocycles. The van der Waals surface area contributed by atoms with Crippen LogP contribution in [0.15, 0.2) is 34.9 Å². The van der Waals surface area contributed by atoms with Gasteiger partial charge < -0.3 is 15.1 Å². The average Bonchev–Trinajstić information content (AvgIpc) is 2.74. The molecule has 0 spiro atoms. The molecule has 2 aromatic rings. The first-order valence-electron chi connectivity index (χ1n) is 6.28. The molecule has 0 aliphatic heterocycles. The number of halogens is 1. The van der Waals surface area contributed by atoms with Crippen LogP contribution < -0.4 is 10.6 Å². The summed E-state index contributed by atoms with van der Waals surface area (Å²) in [7, 11) is 2.03. The summed E-state index contributed by atoms with van der Waals surface area (Å²) in [5, 5.41) is 0.711. The van der Waals surface area contributed by atoms with E-state index in [-0.39, 0.29) is 6.04 Å². The molecule has 3 nitrogen and oxygen atoms in total. The predicted octanol–water partition coefficient (Wildman–Crippen LogP) is 3.90. The number of anilines is 1.